The largest absolute Gasteiger partial charge is 0.351 e. The Morgan fingerprint density at radius 1 is 1.31 bits per heavy atom. The molecule has 1 amide bonds. The van der Waals surface area contributed by atoms with Gasteiger partial charge in [0, 0.05) is 13.1 Å². The number of hydrogen-bond acceptors (Lipinski definition) is 4. The highest BCUT2D eigenvalue weighted by molar-refractivity contribution is 7.89. The Hall–Kier alpha value is -2.19. The van der Waals surface area contributed by atoms with Crippen molar-refractivity contribution in [1.82, 2.24) is 19.2 Å². The number of rotatable bonds is 5. The van der Waals surface area contributed by atoms with Crippen LogP contribution in [0.3, 0.4) is 0 Å². The van der Waals surface area contributed by atoms with Crippen LogP contribution >= 0.6 is 0 Å². The van der Waals surface area contributed by atoms with E-state index in [4.69, 9.17) is 0 Å². The number of carbonyl (C=O) groups is 1. The molecule has 0 fully saturated rings. The fraction of sp³-hybridized carbons (Fsp3) is 0.444. The maximum absolute atomic E-state index is 13.2. The Kier molecular flexibility index (Phi) is 5.15. The number of hydrogen-bond donors (Lipinski definition) is 1. The molecule has 1 N–H and O–H groups in total. The lowest BCUT2D eigenvalue weighted by Gasteiger charge is -2.21. The van der Waals surface area contributed by atoms with Gasteiger partial charge in [0.15, 0.2) is 5.69 Å². The molecule has 3 rings (SSSR count). The van der Waals surface area contributed by atoms with Crippen molar-refractivity contribution in [3.05, 3.63) is 42.0 Å². The van der Waals surface area contributed by atoms with E-state index in [0.29, 0.717) is 30.4 Å². The monoisotopic (exact) mass is 376 g/mol. The van der Waals surface area contributed by atoms with Crippen LogP contribution in [0.1, 0.15) is 43.4 Å². The third kappa shape index (κ3) is 3.26. The number of nitrogens with one attached hydrogen (secondary N) is 1. The molecule has 1 aromatic heterocycles. The Balaban J connectivity index is 2.16. The van der Waals surface area contributed by atoms with Gasteiger partial charge in [-0.15, -0.1) is 0 Å². The van der Waals surface area contributed by atoms with Crippen LogP contribution in [0.2, 0.25) is 0 Å². The van der Waals surface area contributed by atoms with E-state index >= 15 is 0 Å². The number of fused-ring (bicyclic) bond motifs is 3. The molecule has 7 nitrogen and oxygen atoms in total. The highest BCUT2D eigenvalue weighted by Gasteiger charge is 2.34. The lowest BCUT2D eigenvalue weighted by Crippen LogP contribution is -2.32. The van der Waals surface area contributed by atoms with Crippen LogP contribution in [0.4, 0.5) is 0 Å². The Bertz CT molecular complexity index is 918. The Morgan fingerprint density at radius 2 is 2.04 bits per heavy atom. The van der Waals surface area contributed by atoms with Crippen molar-refractivity contribution in [1.29, 1.82) is 0 Å². The van der Waals surface area contributed by atoms with E-state index in [0.717, 1.165) is 6.42 Å². The second kappa shape index (κ2) is 7.20. The zero-order valence-corrected chi connectivity index (χ0v) is 16.1. The average molecular weight is 376 g/mol. The van der Waals surface area contributed by atoms with Gasteiger partial charge >= 0.3 is 0 Å². The summed E-state index contributed by atoms with van der Waals surface area (Å²) in [5, 5.41) is 2.75. The highest BCUT2D eigenvalue weighted by Crippen LogP contribution is 2.31. The van der Waals surface area contributed by atoms with Crippen molar-refractivity contribution in [3.63, 3.8) is 0 Å². The summed E-state index contributed by atoms with van der Waals surface area (Å²) in [4.78, 5) is 16.9. The molecular weight excluding hydrogens is 352 g/mol. The molecule has 26 heavy (non-hydrogen) atoms. The Labute approximate surface area is 154 Å². The third-order valence-corrected chi connectivity index (χ3v) is 6.34. The van der Waals surface area contributed by atoms with Crippen LogP contribution in [0.15, 0.2) is 35.5 Å². The van der Waals surface area contributed by atoms with E-state index < -0.39 is 10.0 Å². The fourth-order valence-corrected chi connectivity index (χ4v) is 4.63. The molecule has 0 bridgehead atoms. The number of imidazole rings is 1. The molecule has 0 saturated heterocycles. The van der Waals surface area contributed by atoms with Crippen molar-refractivity contribution >= 4 is 15.9 Å². The molecule has 0 spiro atoms. The summed E-state index contributed by atoms with van der Waals surface area (Å²) in [6.07, 6.45) is 2.27. The first kappa shape index (κ1) is 18.6. The first-order valence-electron chi connectivity index (χ1n) is 8.80. The van der Waals surface area contributed by atoms with Gasteiger partial charge in [-0.1, -0.05) is 26.0 Å². The molecule has 1 aromatic carbocycles. The zero-order valence-electron chi connectivity index (χ0n) is 15.3. The lowest BCUT2D eigenvalue weighted by molar-refractivity contribution is 0.0949. The first-order chi connectivity index (χ1) is 12.4. The van der Waals surface area contributed by atoms with Gasteiger partial charge in [0.1, 0.15) is 11.2 Å². The van der Waals surface area contributed by atoms with Crippen LogP contribution in [-0.2, 0) is 16.6 Å². The standard InChI is InChI=1S/C18H24N4O3S/c1-4-19-18(23)17-15-11-21(10-9-13(2)3)26(24,25)16-8-6-5-7-14(16)22(15)12-20-17/h5-8,12-13H,4,9-11H2,1-3H3,(H,19,23). The van der Waals surface area contributed by atoms with Crippen molar-refractivity contribution in [3.8, 4) is 5.69 Å². The summed E-state index contributed by atoms with van der Waals surface area (Å²) in [6, 6.07) is 6.84. The van der Waals surface area contributed by atoms with E-state index in [9.17, 15) is 13.2 Å². The molecule has 0 saturated carbocycles. The van der Waals surface area contributed by atoms with Gasteiger partial charge in [0.25, 0.3) is 5.91 Å². The minimum absolute atomic E-state index is 0.121. The molecule has 2 aromatic rings. The number of sulfonamides is 1. The first-order valence-corrected chi connectivity index (χ1v) is 10.2. The van der Waals surface area contributed by atoms with Crippen LogP contribution < -0.4 is 5.32 Å². The predicted molar refractivity (Wildman–Crippen MR) is 98.6 cm³/mol. The fourth-order valence-electron chi connectivity index (χ4n) is 3.03. The van der Waals surface area contributed by atoms with E-state index in [2.05, 4.69) is 24.1 Å². The number of benzene rings is 1. The van der Waals surface area contributed by atoms with Crippen LogP contribution in [-0.4, -0.2) is 41.3 Å². The molecule has 140 valence electrons. The minimum atomic E-state index is -3.65. The number of amides is 1. The van der Waals surface area contributed by atoms with Crippen LogP contribution in [0.25, 0.3) is 5.69 Å². The molecule has 1 aliphatic rings. The summed E-state index contributed by atoms with van der Waals surface area (Å²) in [6.45, 7) is 6.95. The normalized spacial score (nSPS) is 16.0. The average Bonchev–Trinajstić information content (AvgIpc) is 2.98. The molecule has 8 heteroatoms. The van der Waals surface area contributed by atoms with Gasteiger partial charge in [-0.05, 0) is 31.4 Å². The van der Waals surface area contributed by atoms with Gasteiger partial charge in [0.05, 0.1) is 17.9 Å². The second-order valence-electron chi connectivity index (χ2n) is 6.76. The highest BCUT2D eigenvalue weighted by atomic mass is 32.2. The van der Waals surface area contributed by atoms with Gasteiger partial charge in [-0.25, -0.2) is 13.4 Å². The number of para-hydroxylation sites is 1. The van der Waals surface area contributed by atoms with Crippen molar-refractivity contribution in [2.24, 2.45) is 5.92 Å². The molecule has 0 unspecified atom stereocenters. The Morgan fingerprint density at radius 3 is 2.73 bits per heavy atom. The molecule has 0 radical (unpaired) electrons. The van der Waals surface area contributed by atoms with E-state index in [1.54, 1.807) is 28.8 Å². The maximum Gasteiger partial charge on any atom is 0.271 e. The van der Waals surface area contributed by atoms with Crippen molar-refractivity contribution < 1.29 is 13.2 Å². The summed E-state index contributed by atoms with van der Waals surface area (Å²) < 4.78 is 29.6. The molecular formula is C18H24N4O3S. The van der Waals surface area contributed by atoms with Crippen molar-refractivity contribution in [2.75, 3.05) is 13.1 Å². The van der Waals surface area contributed by atoms with Crippen LogP contribution in [0, 0.1) is 5.92 Å². The number of aromatic nitrogens is 2. The number of nitrogens with zero attached hydrogens (tertiary/aromatic N) is 3. The summed E-state index contributed by atoms with van der Waals surface area (Å²) in [7, 11) is -3.65. The molecule has 0 aliphatic carbocycles. The molecule has 1 aliphatic heterocycles. The summed E-state index contributed by atoms with van der Waals surface area (Å²) >= 11 is 0. The van der Waals surface area contributed by atoms with E-state index in [1.807, 2.05) is 6.92 Å². The van der Waals surface area contributed by atoms with E-state index in [-0.39, 0.29) is 23.0 Å². The van der Waals surface area contributed by atoms with Gasteiger partial charge in [0.2, 0.25) is 10.0 Å². The molecule has 0 atom stereocenters. The zero-order chi connectivity index (χ0) is 18.9. The summed E-state index contributed by atoms with van der Waals surface area (Å²) in [5.41, 5.74) is 1.39. The van der Waals surface area contributed by atoms with Gasteiger partial charge in [-0.3, -0.25) is 9.36 Å². The topological polar surface area (TPSA) is 84.3 Å². The second-order valence-corrected chi connectivity index (χ2v) is 8.66. The quantitative estimate of drug-likeness (QED) is 0.867. The lowest BCUT2D eigenvalue weighted by atomic mass is 10.1. The molecule has 2 heterocycles. The smallest absolute Gasteiger partial charge is 0.271 e. The van der Waals surface area contributed by atoms with Gasteiger partial charge in [-0.2, -0.15) is 4.31 Å². The van der Waals surface area contributed by atoms with Crippen LogP contribution in [0.5, 0.6) is 0 Å². The SMILES string of the molecule is CCNC(=O)c1ncn2c1CN(CCC(C)C)S(=O)(=O)c1ccccc1-2. The maximum atomic E-state index is 13.2. The van der Waals surface area contributed by atoms with Crippen molar-refractivity contribution in [2.45, 2.75) is 38.6 Å². The van der Waals surface area contributed by atoms with E-state index in [1.165, 1.54) is 10.6 Å². The minimum Gasteiger partial charge on any atom is -0.351 e. The van der Waals surface area contributed by atoms with Gasteiger partial charge < -0.3 is 5.32 Å². The third-order valence-electron chi connectivity index (χ3n) is 4.44. The number of carbonyl (C=O) groups excluding carboxylic acids is 1. The summed E-state index contributed by atoms with van der Waals surface area (Å²) in [5.74, 6) is 0.0818. The predicted octanol–water partition coefficient (Wildman–Crippen LogP) is 2.17.